The highest BCUT2D eigenvalue weighted by molar-refractivity contribution is 5.98. The first-order valence-electron chi connectivity index (χ1n) is 12.9. The summed E-state index contributed by atoms with van der Waals surface area (Å²) in [5.74, 6) is 0.0305. The Kier molecular flexibility index (Phi) is 7.43. The maximum Gasteiger partial charge on any atom is 0.256 e. The highest BCUT2D eigenvalue weighted by Gasteiger charge is 2.54. The van der Waals surface area contributed by atoms with E-state index in [0.29, 0.717) is 56.0 Å². The Bertz CT molecular complexity index is 1130. The number of nitrogens with one attached hydrogen (secondary N) is 1. The van der Waals surface area contributed by atoms with Crippen LogP contribution in [-0.2, 0) is 14.3 Å². The van der Waals surface area contributed by atoms with Crippen molar-refractivity contribution in [3.05, 3.63) is 65.7 Å². The summed E-state index contributed by atoms with van der Waals surface area (Å²) in [6, 6.07) is 15.3. The quantitative estimate of drug-likeness (QED) is 0.645. The van der Waals surface area contributed by atoms with Crippen LogP contribution in [0, 0.1) is 0 Å². The molecule has 0 aliphatic carbocycles. The van der Waals surface area contributed by atoms with Gasteiger partial charge in [-0.1, -0.05) is 24.3 Å². The van der Waals surface area contributed by atoms with E-state index in [1.165, 1.54) is 0 Å². The first kappa shape index (κ1) is 25.2. The summed E-state index contributed by atoms with van der Waals surface area (Å²) in [5.41, 5.74) is 0.0923. The third-order valence-electron chi connectivity index (χ3n) is 7.48. The Morgan fingerprint density at radius 1 is 1.03 bits per heavy atom. The van der Waals surface area contributed by atoms with E-state index in [1.54, 1.807) is 65.4 Å². The molecule has 3 aliphatic heterocycles. The van der Waals surface area contributed by atoms with E-state index in [9.17, 15) is 14.4 Å². The number of piperidine rings is 1. The Morgan fingerprint density at radius 3 is 2.49 bits per heavy atom. The molecule has 3 amide bonds. The van der Waals surface area contributed by atoms with E-state index in [1.807, 2.05) is 6.07 Å². The van der Waals surface area contributed by atoms with Gasteiger partial charge in [-0.2, -0.15) is 0 Å². The second-order valence-corrected chi connectivity index (χ2v) is 9.72. The first-order chi connectivity index (χ1) is 18.0. The Morgan fingerprint density at radius 2 is 1.78 bits per heavy atom. The average Bonchev–Trinajstić information content (AvgIpc) is 3.60. The fraction of sp³-hybridized carbons (Fsp3) is 0.464. The minimum absolute atomic E-state index is 0.00404. The average molecular weight is 508 g/mol. The van der Waals surface area contributed by atoms with Crippen molar-refractivity contribution in [2.24, 2.45) is 0 Å². The molecule has 196 valence electrons. The molecule has 9 nitrogen and oxygen atoms in total. The molecule has 0 bridgehead atoms. The predicted octanol–water partition coefficient (Wildman–Crippen LogP) is 2.46. The summed E-state index contributed by atoms with van der Waals surface area (Å²) in [4.78, 5) is 43.6. The number of ether oxygens (including phenoxy) is 3. The van der Waals surface area contributed by atoms with Crippen molar-refractivity contribution in [3.8, 4) is 5.75 Å². The third-order valence-corrected chi connectivity index (χ3v) is 7.48. The fourth-order valence-corrected chi connectivity index (χ4v) is 5.42. The van der Waals surface area contributed by atoms with E-state index < -0.39 is 11.8 Å². The second-order valence-electron chi connectivity index (χ2n) is 9.72. The van der Waals surface area contributed by atoms with Gasteiger partial charge < -0.3 is 24.4 Å². The lowest BCUT2D eigenvalue weighted by molar-refractivity contribution is -0.128. The van der Waals surface area contributed by atoms with E-state index in [-0.39, 0.29) is 30.4 Å². The number of benzene rings is 2. The molecule has 5 rings (SSSR count). The molecule has 3 aliphatic rings. The van der Waals surface area contributed by atoms with Gasteiger partial charge in [0.15, 0.2) is 0 Å². The van der Waals surface area contributed by atoms with Gasteiger partial charge >= 0.3 is 0 Å². The van der Waals surface area contributed by atoms with E-state index >= 15 is 0 Å². The number of methoxy groups -OCH3 is 1. The van der Waals surface area contributed by atoms with Crippen LogP contribution in [-0.4, -0.2) is 85.3 Å². The van der Waals surface area contributed by atoms with Crippen LogP contribution in [0.3, 0.4) is 0 Å². The molecule has 1 spiro atoms. The molecular weight excluding hydrogens is 474 g/mol. The van der Waals surface area contributed by atoms with E-state index in [0.717, 1.165) is 12.8 Å². The molecule has 9 heteroatoms. The zero-order valence-corrected chi connectivity index (χ0v) is 21.1. The molecule has 3 fully saturated rings. The molecule has 0 aromatic heterocycles. The lowest BCUT2D eigenvalue weighted by atomic mass is 9.96. The van der Waals surface area contributed by atoms with Gasteiger partial charge in [-0.3, -0.25) is 19.3 Å². The van der Waals surface area contributed by atoms with Crippen LogP contribution in [0.2, 0.25) is 0 Å². The molecule has 2 atom stereocenters. The predicted molar refractivity (Wildman–Crippen MR) is 135 cm³/mol. The standard InChI is InChI=1S/C28H33N3O6/c1-35-22-10-5-9-21(17-22)26(33)30-14-12-28(13-15-30)31(27(34)20-7-3-2-4-8-20)24(19-37-28)25(32)29-18-23-11-6-16-36-23/h2-5,7-10,17,23-24H,6,11-16,18-19H2,1H3,(H,29,32)/t23-,24-/m0/s1. The number of hydrogen-bond acceptors (Lipinski definition) is 6. The second kappa shape index (κ2) is 10.9. The molecule has 2 aromatic carbocycles. The monoisotopic (exact) mass is 507 g/mol. The van der Waals surface area contributed by atoms with Crippen molar-refractivity contribution in [3.63, 3.8) is 0 Å². The first-order valence-corrected chi connectivity index (χ1v) is 12.9. The maximum atomic E-state index is 13.7. The van der Waals surface area contributed by atoms with E-state index in [4.69, 9.17) is 14.2 Å². The van der Waals surface area contributed by atoms with Crippen molar-refractivity contribution in [2.45, 2.75) is 43.6 Å². The van der Waals surface area contributed by atoms with Crippen LogP contribution in [0.1, 0.15) is 46.4 Å². The van der Waals surface area contributed by atoms with Crippen LogP contribution in [0.15, 0.2) is 54.6 Å². The summed E-state index contributed by atoms with van der Waals surface area (Å²) >= 11 is 0. The zero-order chi connectivity index (χ0) is 25.8. The largest absolute Gasteiger partial charge is 0.497 e. The highest BCUT2D eigenvalue weighted by atomic mass is 16.5. The summed E-state index contributed by atoms with van der Waals surface area (Å²) in [5, 5.41) is 2.97. The number of hydrogen-bond donors (Lipinski definition) is 1. The van der Waals surface area contributed by atoms with Crippen LogP contribution in [0.5, 0.6) is 5.75 Å². The smallest absolute Gasteiger partial charge is 0.256 e. The fourth-order valence-electron chi connectivity index (χ4n) is 5.42. The lowest BCUT2D eigenvalue weighted by Crippen LogP contribution is -2.60. The van der Waals surface area contributed by atoms with Gasteiger partial charge in [-0.15, -0.1) is 0 Å². The zero-order valence-electron chi connectivity index (χ0n) is 21.1. The minimum Gasteiger partial charge on any atom is -0.497 e. The number of carbonyl (C=O) groups is 3. The number of nitrogens with zero attached hydrogens (tertiary/aromatic N) is 2. The summed E-state index contributed by atoms with van der Waals surface area (Å²) < 4.78 is 17.2. The van der Waals surface area contributed by atoms with Gasteiger partial charge in [0, 0.05) is 50.2 Å². The molecular formula is C28H33N3O6. The molecule has 1 N–H and O–H groups in total. The van der Waals surface area contributed by atoms with Crippen molar-refractivity contribution < 1.29 is 28.6 Å². The van der Waals surface area contributed by atoms with Crippen LogP contribution in [0.25, 0.3) is 0 Å². The van der Waals surface area contributed by atoms with Crippen molar-refractivity contribution in [1.82, 2.24) is 15.1 Å². The minimum atomic E-state index is -0.954. The van der Waals surface area contributed by atoms with Gasteiger partial charge in [0.2, 0.25) is 5.91 Å². The topological polar surface area (TPSA) is 97.4 Å². The summed E-state index contributed by atoms with van der Waals surface area (Å²) in [6.45, 7) is 2.04. The van der Waals surface area contributed by atoms with Gasteiger partial charge in [0.25, 0.3) is 11.8 Å². The maximum absolute atomic E-state index is 13.7. The number of amides is 3. The number of likely N-dealkylation sites (tertiary alicyclic amines) is 1. The molecule has 0 unspecified atom stereocenters. The third kappa shape index (κ3) is 5.19. The van der Waals surface area contributed by atoms with Crippen molar-refractivity contribution >= 4 is 17.7 Å². The number of rotatable bonds is 6. The van der Waals surface area contributed by atoms with Gasteiger partial charge in [-0.05, 0) is 43.2 Å². The molecule has 3 heterocycles. The highest BCUT2D eigenvalue weighted by Crippen LogP contribution is 2.39. The summed E-state index contributed by atoms with van der Waals surface area (Å²) in [7, 11) is 1.57. The van der Waals surface area contributed by atoms with E-state index in [2.05, 4.69) is 5.32 Å². The van der Waals surface area contributed by atoms with Crippen LogP contribution in [0.4, 0.5) is 0 Å². The van der Waals surface area contributed by atoms with Crippen LogP contribution < -0.4 is 10.1 Å². The Labute approximate surface area is 216 Å². The molecule has 2 aromatic rings. The molecule has 3 saturated heterocycles. The molecule has 0 radical (unpaired) electrons. The van der Waals surface area contributed by atoms with Gasteiger partial charge in [0.05, 0.1) is 19.8 Å². The molecule has 37 heavy (non-hydrogen) atoms. The van der Waals surface area contributed by atoms with Gasteiger partial charge in [0.1, 0.15) is 17.5 Å². The van der Waals surface area contributed by atoms with Crippen molar-refractivity contribution in [2.75, 3.05) is 40.0 Å². The summed E-state index contributed by atoms with van der Waals surface area (Å²) in [6.07, 6.45) is 2.73. The SMILES string of the molecule is COc1cccc(C(=O)N2CCC3(CC2)OC[C@@H](C(=O)NC[C@@H]2CCCO2)N3C(=O)c2ccccc2)c1. The van der Waals surface area contributed by atoms with Crippen LogP contribution >= 0.6 is 0 Å². The van der Waals surface area contributed by atoms with Crippen molar-refractivity contribution in [1.29, 1.82) is 0 Å². The molecule has 0 saturated carbocycles. The lowest BCUT2D eigenvalue weighted by Gasteiger charge is -2.44. The Balaban J connectivity index is 1.33. The number of carbonyl (C=O) groups excluding carboxylic acids is 3. The van der Waals surface area contributed by atoms with Gasteiger partial charge in [-0.25, -0.2) is 0 Å². The normalized spacial score (nSPS) is 22.7. The Hall–Kier alpha value is -3.43.